The first-order valence-corrected chi connectivity index (χ1v) is 5.01. The molecular formula is C11H11ClN2O. The van der Waals surface area contributed by atoms with E-state index in [0.717, 1.165) is 11.3 Å². The molecule has 0 spiro atoms. The molecule has 0 amide bonds. The van der Waals surface area contributed by atoms with E-state index in [9.17, 15) is 0 Å². The average Bonchev–Trinajstić information content (AvgIpc) is 2.70. The molecule has 1 aromatic carbocycles. The summed E-state index contributed by atoms with van der Waals surface area (Å²) >= 11 is 6.01. The van der Waals surface area contributed by atoms with Crippen molar-refractivity contribution in [2.24, 2.45) is 0 Å². The lowest BCUT2D eigenvalue weighted by atomic mass is 10.2. The van der Waals surface area contributed by atoms with E-state index in [0.29, 0.717) is 10.7 Å². The number of rotatable bonds is 2. The van der Waals surface area contributed by atoms with Gasteiger partial charge in [-0.15, -0.1) is 0 Å². The first-order valence-electron chi connectivity index (χ1n) is 4.63. The van der Waals surface area contributed by atoms with Gasteiger partial charge in [-0.3, -0.25) is 0 Å². The summed E-state index contributed by atoms with van der Waals surface area (Å²) in [5, 5.41) is 13.8. The smallest absolute Gasteiger partial charge is 0.0883 e. The van der Waals surface area contributed by atoms with E-state index in [1.165, 1.54) is 0 Å². The zero-order valence-corrected chi connectivity index (χ0v) is 9.07. The first kappa shape index (κ1) is 10.2. The standard InChI is InChI=1S/C11H11ClN2O/c1-8-10(12)3-2-4-11(8)14-6-5-9(7-15)13-14/h2-6,15H,7H2,1H3. The van der Waals surface area contributed by atoms with Crippen LogP contribution in [0.25, 0.3) is 5.69 Å². The Kier molecular flexibility index (Phi) is 2.75. The van der Waals surface area contributed by atoms with Crippen molar-refractivity contribution in [2.45, 2.75) is 13.5 Å². The van der Waals surface area contributed by atoms with Crippen molar-refractivity contribution in [1.29, 1.82) is 0 Å². The molecule has 78 valence electrons. The first-order chi connectivity index (χ1) is 7.22. The fourth-order valence-electron chi connectivity index (χ4n) is 1.42. The van der Waals surface area contributed by atoms with E-state index in [2.05, 4.69) is 5.10 Å². The van der Waals surface area contributed by atoms with E-state index in [-0.39, 0.29) is 6.61 Å². The van der Waals surface area contributed by atoms with Gasteiger partial charge in [0.2, 0.25) is 0 Å². The van der Waals surface area contributed by atoms with Gasteiger partial charge in [-0.25, -0.2) is 4.68 Å². The second-order valence-electron chi connectivity index (χ2n) is 3.29. The molecule has 0 atom stereocenters. The summed E-state index contributed by atoms with van der Waals surface area (Å²) in [7, 11) is 0. The number of halogens is 1. The minimum absolute atomic E-state index is 0.0490. The van der Waals surface area contributed by atoms with Crippen LogP contribution in [0.5, 0.6) is 0 Å². The number of nitrogens with zero attached hydrogens (tertiary/aromatic N) is 2. The number of aliphatic hydroxyl groups is 1. The summed E-state index contributed by atoms with van der Waals surface area (Å²) in [6, 6.07) is 7.44. The van der Waals surface area contributed by atoms with Crippen LogP contribution < -0.4 is 0 Å². The molecule has 1 heterocycles. The maximum absolute atomic E-state index is 8.92. The SMILES string of the molecule is Cc1c(Cl)cccc1-n1ccc(CO)n1. The van der Waals surface area contributed by atoms with Gasteiger partial charge in [0.1, 0.15) is 0 Å². The third kappa shape index (κ3) is 1.89. The van der Waals surface area contributed by atoms with Gasteiger partial charge in [0, 0.05) is 11.2 Å². The summed E-state index contributed by atoms with van der Waals surface area (Å²) < 4.78 is 1.72. The molecule has 1 N–H and O–H groups in total. The van der Waals surface area contributed by atoms with Crippen molar-refractivity contribution < 1.29 is 5.11 Å². The summed E-state index contributed by atoms with van der Waals surface area (Å²) in [5.41, 5.74) is 2.56. The maximum Gasteiger partial charge on any atom is 0.0883 e. The lowest BCUT2D eigenvalue weighted by Crippen LogP contribution is -1.99. The zero-order valence-electron chi connectivity index (χ0n) is 8.31. The highest BCUT2D eigenvalue weighted by atomic mass is 35.5. The quantitative estimate of drug-likeness (QED) is 0.847. The molecule has 2 rings (SSSR count). The highest BCUT2D eigenvalue weighted by Crippen LogP contribution is 2.21. The number of hydrogen-bond acceptors (Lipinski definition) is 2. The van der Waals surface area contributed by atoms with Gasteiger partial charge in [0.05, 0.1) is 18.0 Å². The fraction of sp³-hybridized carbons (Fsp3) is 0.182. The Bertz CT molecular complexity index is 479. The largest absolute Gasteiger partial charge is 0.390 e. The van der Waals surface area contributed by atoms with Crippen LogP contribution in [0, 0.1) is 6.92 Å². The molecule has 0 bridgehead atoms. The molecule has 0 saturated carbocycles. The van der Waals surface area contributed by atoms with Crippen LogP contribution in [-0.4, -0.2) is 14.9 Å². The molecule has 0 radical (unpaired) electrons. The summed E-state index contributed by atoms with van der Waals surface area (Å²) in [4.78, 5) is 0. The molecule has 0 aliphatic rings. The van der Waals surface area contributed by atoms with Crippen LogP contribution in [0.2, 0.25) is 5.02 Å². The van der Waals surface area contributed by atoms with Gasteiger partial charge in [-0.2, -0.15) is 5.10 Å². The van der Waals surface area contributed by atoms with Crippen molar-refractivity contribution >= 4 is 11.6 Å². The van der Waals surface area contributed by atoms with Gasteiger partial charge in [0.25, 0.3) is 0 Å². The molecule has 0 aliphatic heterocycles. The van der Waals surface area contributed by atoms with Crippen molar-refractivity contribution in [2.75, 3.05) is 0 Å². The number of benzene rings is 1. The molecule has 3 nitrogen and oxygen atoms in total. The zero-order chi connectivity index (χ0) is 10.8. The lowest BCUT2D eigenvalue weighted by Gasteiger charge is -2.06. The van der Waals surface area contributed by atoms with Crippen LogP contribution in [0.3, 0.4) is 0 Å². The van der Waals surface area contributed by atoms with E-state index in [1.54, 1.807) is 10.7 Å². The van der Waals surface area contributed by atoms with Gasteiger partial charge in [-0.1, -0.05) is 17.7 Å². The van der Waals surface area contributed by atoms with Gasteiger partial charge >= 0.3 is 0 Å². The molecule has 1 aromatic heterocycles. The van der Waals surface area contributed by atoms with Gasteiger partial charge in [-0.05, 0) is 30.7 Å². The molecule has 15 heavy (non-hydrogen) atoms. The number of aromatic nitrogens is 2. The molecule has 2 aromatic rings. The molecule has 0 fully saturated rings. The van der Waals surface area contributed by atoms with E-state index >= 15 is 0 Å². The van der Waals surface area contributed by atoms with Crippen molar-refractivity contribution in [3.63, 3.8) is 0 Å². The number of aliphatic hydroxyl groups excluding tert-OH is 1. The summed E-state index contributed by atoms with van der Waals surface area (Å²) in [6.45, 7) is 1.89. The van der Waals surface area contributed by atoms with E-state index in [1.807, 2.05) is 31.3 Å². The Morgan fingerprint density at radius 2 is 2.20 bits per heavy atom. The van der Waals surface area contributed by atoms with Crippen LogP contribution in [0.15, 0.2) is 30.5 Å². The molecular weight excluding hydrogens is 212 g/mol. The van der Waals surface area contributed by atoms with Crippen molar-refractivity contribution in [3.05, 3.63) is 46.7 Å². The van der Waals surface area contributed by atoms with Crippen molar-refractivity contribution in [1.82, 2.24) is 9.78 Å². The highest BCUT2D eigenvalue weighted by Gasteiger charge is 2.05. The molecule has 4 heteroatoms. The number of hydrogen-bond donors (Lipinski definition) is 1. The van der Waals surface area contributed by atoms with E-state index < -0.39 is 0 Å². The monoisotopic (exact) mass is 222 g/mol. The molecule has 0 aliphatic carbocycles. The molecule has 0 unspecified atom stereocenters. The summed E-state index contributed by atoms with van der Waals surface area (Å²) in [6.07, 6.45) is 1.81. The summed E-state index contributed by atoms with van der Waals surface area (Å²) in [5.74, 6) is 0. The fourth-order valence-corrected chi connectivity index (χ4v) is 1.59. The predicted octanol–water partition coefficient (Wildman–Crippen LogP) is 2.33. The topological polar surface area (TPSA) is 38.0 Å². The average molecular weight is 223 g/mol. The Balaban J connectivity index is 2.49. The Hall–Kier alpha value is -1.32. The van der Waals surface area contributed by atoms with Crippen LogP contribution in [-0.2, 0) is 6.61 Å². The van der Waals surface area contributed by atoms with Gasteiger partial charge in [0.15, 0.2) is 0 Å². The van der Waals surface area contributed by atoms with Crippen LogP contribution in [0.4, 0.5) is 0 Å². The Labute approximate surface area is 92.9 Å². The van der Waals surface area contributed by atoms with E-state index in [4.69, 9.17) is 16.7 Å². The van der Waals surface area contributed by atoms with Crippen LogP contribution in [0.1, 0.15) is 11.3 Å². The Morgan fingerprint density at radius 1 is 1.40 bits per heavy atom. The third-order valence-corrected chi connectivity index (χ3v) is 2.70. The van der Waals surface area contributed by atoms with Gasteiger partial charge < -0.3 is 5.11 Å². The van der Waals surface area contributed by atoms with Crippen molar-refractivity contribution in [3.8, 4) is 5.69 Å². The second-order valence-corrected chi connectivity index (χ2v) is 3.70. The minimum Gasteiger partial charge on any atom is -0.390 e. The third-order valence-electron chi connectivity index (χ3n) is 2.29. The maximum atomic E-state index is 8.92. The minimum atomic E-state index is -0.0490. The highest BCUT2D eigenvalue weighted by molar-refractivity contribution is 6.31. The Morgan fingerprint density at radius 3 is 2.87 bits per heavy atom. The van der Waals surface area contributed by atoms with Crippen LogP contribution >= 0.6 is 11.6 Å². The molecule has 0 saturated heterocycles. The predicted molar refractivity (Wildman–Crippen MR) is 59.2 cm³/mol. The normalized spacial score (nSPS) is 10.6. The lowest BCUT2D eigenvalue weighted by molar-refractivity contribution is 0.276. The second kappa shape index (κ2) is 4.04.